The zero-order valence-electron chi connectivity index (χ0n) is 13.7. The van der Waals surface area contributed by atoms with Crippen molar-refractivity contribution < 1.29 is 0 Å². The number of nitrogens with zero attached hydrogens (tertiary/aromatic N) is 2. The van der Waals surface area contributed by atoms with Crippen LogP contribution in [0.15, 0.2) is 24.3 Å². The fraction of sp³-hybridized carbons (Fsp3) is 0.412. The molecule has 0 aliphatic rings. The van der Waals surface area contributed by atoms with Gasteiger partial charge in [0.1, 0.15) is 5.82 Å². The Morgan fingerprint density at radius 3 is 2.29 bits per heavy atom. The zero-order chi connectivity index (χ0) is 15.6. The summed E-state index contributed by atoms with van der Waals surface area (Å²) in [5, 5.41) is 6.68. The Bertz CT molecular complexity index is 642. The number of benzene rings is 1. The predicted molar refractivity (Wildman–Crippen MR) is 89.3 cm³/mol. The van der Waals surface area contributed by atoms with E-state index in [0.29, 0.717) is 5.95 Å². The Hall–Kier alpha value is -2.10. The van der Waals surface area contributed by atoms with E-state index in [9.17, 15) is 0 Å². The third-order valence-corrected chi connectivity index (χ3v) is 2.99. The monoisotopic (exact) mass is 284 g/mol. The van der Waals surface area contributed by atoms with E-state index in [1.807, 2.05) is 13.0 Å². The number of anilines is 3. The van der Waals surface area contributed by atoms with Gasteiger partial charge in [0.2, 0.25) is 5.95 Å². The van der Waals surface area contributed by atoms with E-state index < -0.39 is 0 Å². The minimum absolute atomic E-state index is 0.0299. The summed E-state index contributed by atoms with van der Waals surface area (Å²) in [7, 11) is 0. The van der Waals surface area contributed by atoms with Gasteiger partial charge in [0.15, 0.2) is 0 Å². The molecule has 0 radical (unpaired) electrons. The van der Waals surface area contributed by atoms with Gasteiger partial charge < -0.3 is 10.6 Å². The van der Waals surface area contributed by atoms with E-state index >= 15 is 0 Å². The molecule has 2 aromatic rings. The second kappa shape index (κ2) is 5.72. The first-order chi connectivity index (χ1) is 9.73. The lowest BCUT2D eigenvalue weighted by Crippen LogP contribution is -2.27. The third kappa shape index (κ3) is 4.45. The molecule has 4 nitrogen and oxygen atoms in total. The van der Waals surface area contributed by atoms with Crippen LogP contribution in [0.4, 0.5) is 17.5 Å². The first-order valence-electron chi connectivity index (χ1n) is 7.21. The molecule has 112 valence electrons. The van der Waals surface area contributed by atoms with Crippen molar-refractivity contribution in [3.8, 4) is 0 Å². The van der Waals surface area contributed by atoms with E-state index in [0.717, 1.165) is 17.2 Å². The second-order valence-corrected chi connectivity index (χ2v) is 6.54. The molecule has 0 fully saturated rings. The lowest BCUT2D eigenvalue weighted by Gasteiger charge is -2.22. The summed E-state index contributed by atoms with van der Waals surface area (Å²) in [6.45, 7) is 12.5. The predicted octanol–water partition coefficient (Wildman–Crippen LogP) is 4.36. The van der Waals surface area contributed by atoms with E-state index in [-0.39, 0.29) is 5.54 Å². The summed E-state index contributed by atoms with van der Waals surface area (Å²) < 4.78 is 0. The Balaban J connectivity index is 2.27. The summed E-state index contributed by atoms with van der Waals surface area (Å²) in [5.41, 5.74) is 4.37. The van der Waals surface area contributed by atoms with Crippen molar-refractivity contribution in [2.75, 3.05) is 10.6 Å². The zero-order valence-corrected chi connectivity index (χ0v) is 13.7. The molecule has 0 amide bonds. The molecular formula is C17H24N4. The molecule has 0 unspecified atom stereocenters. The van der Waals surface area contributed by atoms with Gasteiger partial charge in [-0.1, -0.05) is 17.7 Å². The largest absolute Gasteiger partial charge is 0.365 e. The van der Waals surface area contributed by atoms with Crippen molar-refractivity contribution in [2.24, 2.45) is 0 Å². The summed E-state index contributed by atoms with van der Waals surface area (Å²) in [4.78, 5) is 9.00. The van der Waals surface area contributed by atoms with Crippen LogP contribution in [0.2, 0.25) is 0 Å². The highest BCUT2D eigenvalue weighted by molar-refractivity contribution is 5.60. The summed E-state index contributed by atoms with van der Waals surface area (Å²) in [5.74, 6) is 1.45. The molecule has 21 heavy (non-hydrogen) atoms. The van der Waals surface area contributed by atoms with E-state index in [2.05, 4.69) is 73.4 Å². The molecule has 2 rings (SSSR count). The molecule has 0 saturated heterocycles. The van der Waals surface area contributed by atoms with Crippen LogP contribution in [0.3, 0.4) is 0 Å². The van der Waals surface area contributed by atoms with Gasteiger partial charge in [-0.05, 0) is 53.2 Å². The number of aromatic nitrogens is 2. The lowest BCUT2D eigenvalue weighted by atomic mass is 10.1. The maximum atomic E-state index is 4.54. The molecule has 1 heterocycles. The molecular weight excluding hydrogens is 260 g/mol. The quantitative estimate of drug-likeness (QED) is 0.879. The highest BCUT2D eigenvalue weighted by Crippen LogP contribution is 2.21. The van der Waals surface area contributed by atoms with Crippen molar-refractivity contribution in [3.05, 3.63) is 41.1 Å². The first kappa shape index (κ1) is 15.3. The molecule has 1 aromatic carbocycles. The summed E-state index contributed by atoms with van der Waals surface area (Å²) in [6.07, 6.45) is 0. The summed E-state index contributed by atoms with van der Waals surface area (Å²) in [6, 6.07) is 8.25. The Morgan fingerprint density at radius 2 is 1.67 bits per heavy atom. The average molecular weight is 284 g/mol. The Kier molecular flexibility index (Phi) is 4.16. The van der Waals surface area contributed by atoms with Crippen LogP contribution in [-0.2, 0) is 0 Å². The molecule has 0 atom stereocenters. The highest BCUT2D eigenvalue weighted by Gasteiger charge is 2.12. The van der Waals surface area contributed by atoms with Crippen LogP contribution in [0, 0.1) is 20.8 Å². The normalized spacial score (nSPS) is 11.3. The van der Waals surface area contributed by atoms with Gasteiger partial charge in [0, 0.05) is 23.0 Å². The molecule has 0 saturated carbocycles. The molecule has 2 N–H and O–H groups in total. The fourth-order valence-electron chi connectivity index (χ4n) is 2.15. The van der Waals surface area contributed by atoms with Crippen molar-refractivity contribution >= 4 is 17.5 Å². The third-order valence-electron chi connectivity index (χ3n) is 2.99. The van der Waals surface area contributed by atoms with Crippen LogP contribution in [-0.4, -0.2) is 15.5 Å². The second-order valence-electron chi connectivity index (χ2n) is 6.54. The van der Waals surface area contributed by atoms with Crippen molar-refractivity contribution in [2.45, 2.75) is 47.1 Å². The van der Waals surface area contributed by atoms with Crippen LogP contribution < -0.4 is 10.6 Å². The summed E-state index contributed by atoms with van der Waals surface area (Å²) >= 11 is 0. The van der Waals surface area contributed by atoms with E-state index in [1.165, 1.54) is 11.1 Å². The smallest absolute Gasteiger partial charge is 0.229 e. The Labute approximate surface area is 127 Å². The first-order valence-corrected chi connectivity index (χ1v) is 7.21. The van der Waals surface area contributed by atoms with E-state index in [4.69, 9.17) is 0 Å². The topological polar surface area (TPSA) is 49.8 Å². The fourth-order valence-corrected chi connectivity index (χ4v) is 2.15. The lowest BCUT2D eigenvalue weighted by molar-refractivity contribution is 0.630. The molecule has 0 spiro atoms. The molecule has 4 heteroatoms. The number of aryl methyl sites for hydroxylation is 3. The molecule has 0 bridgehead atoms. The van der Waals surface area contributed by atoms with E-state index in [1.54, 1.807) is 0 Å². The van der Waals surface area contributed by atoms with Gasteiger partial charge in [0.25, 0.3) is 0 Å². The number of hydrogen-bond acceptors (Lipinski definition) is 4. The number of rotatable bonds is 3. The molecule has 0 aliphatic carbocycles. The van der Waals surface area contributed by atoms with Gasteiger partial charge in [-0.3, -0.25) is 0 Å². The van der Waals surface area contributed by atoms with Crippen molar-refractivity contribution in [3.63, 3.8) is 0 Å². The van der Waals surface area contributed by atoms with Crippen LogP contribution in [0.5, 0.6) is 0 Å². The minimum atomic E-state index is -0.0299. The number of nitrogens with one attached hydrogen (secondary N) is 2. The number of hydrogen-bond donors (Lipinski definition) is 2. The Morgan fingerprint density at radius 1 is 0.952 bits per heavy atom. The minimum Gasteiger partial charge on any atom is -0.365 e. The van der Waals surface area contributed by atoms with Gasteiger partial charge in [-0.2, -0.15) is 4.98 Å². The van der Waals surface area contributed by atoms with Crippen LogP contribution in [0.25, 0.3) is 0 Å². The standard InChI is InChI=1S/C17H24N4/c1-11-7-8-14(12(2)9-11)19-16-18-13(3)10-15(20-16)21-17(4,5)6/h7-10H,1-6H3,(H2,18,19,20,21). The highest BCUT2D eigenvalue weighted by atomic mass is 15.2. The molecule has 0 aliphatic heterocycles. The van der Waals surface area contributed by atoms with Crippen molar-refractivity contribution in [1.29, 1.82) is 0 Å². The van der Waals surface area contributed by atoms with Gasteiger partial charge in [-0.15, -0.1) is 0 Å². The van der Waals surface area contributed by atoms with Gasteiger partial charge in [0.05, 0.1) is 0 Å². The van der Waals surface area contributed by atoms with Crippen molar-refractivity contribution in [1.82, 2.24) is 9.97 Å². The van der Waals surface area contributed by atoms with Crippen LogP contribution in [0.1, 0.15) is 37.6 Å². The maximum absolute atomic E-state index is 4.54. The average Bonchev–Trinajstić information content (AvgIpc) is 2.29. The maximum Gasteiger partial charge on any atom is 0.229 e. The van der Waals surface area contributed by atoms with Gasteiger partial charge >= 0.3 is 0 Å². The van der Waals surface area contributed by atoms with Crippen LogP contribution >= 0.6 is 0 Å². The SMILES string of the molecule is Cc1ccc(Nc2nc(C)cc(NC(C)(C)C)n2)c(C)c1. The molecule has 1 aromatic heterocycles. The van der Waals surface area contributed by atoms with Gasteiger partial charge in [-0.25, -0.2) is 4.98 Å².